The molecular formula is C3H4BBr. The summed E-state index contributed by atoms with van der Waals surface area (Å²) in [5.41, 5.74) is 0. The third-order valence-electron chi connectivity index (χ3n) is 0.221. The van der Waals surface area contributed by atoms with E-state index in [1.807, 2.05) is 0 Å². The van der Waals surface area contributed by atoms with Gasteiger partial charge < -0.3 is 0 Å². The Labute approximate surface area is 41.1 Å². The molecule has 0 saturated carbocycles. The molecular weight excluding hydrogens is 127 g/mol. The van der Waals surface area contributed by atoms with Crippen molar-refractivity contribution in [2.75, 3.05) is 0 Å². The molecule has 0 aromatic rings. The maximum absolute atomic E-state index is 3.47. The van der Waals surface area contributed by atoms with Gasteiger partial charge in [0.15, 0.2) is 0 Å². The monoisotopic (exact) mass is 130 g/mol. The summed E-state index contributed by atoms with van der Waals surface area (Å²) in [7, 11) is 3.47. The van der Waals surface area contributed by atoms with Gasteiger partial charge in [0.25, 0.3) is 0 Å². The molecule has 0 rings (SSSR count). The SMILES string of the molecule is B=C(Br)C=C. The average molecular weight is 131 g/mol. The van der Waals surface area contributed by atoms with Crippen molar-refractivity contribution in [1.82, 2.24) is 0 Å². The molecule has 0 nitrogen and oxygen atoms in total. The number of halogens is 1. The second kappa shape index (κ2) is 2.40. The van der Waals surface area contributed by atoms with Crippen LogP contribution in [-0.4, -0.2) is 11.9 Å². The van der Waals surface area contributed by atoms with Gasteiger partial charge in [0.05, 0.1) is 0 Å². The van der Waals surface area contributed by atoms with Crippen molar-refractivity contribution in [1.29, 1.82) is 0 Å². The summed E-state index contributed by atoms with van der Waals surface area (Å²) in [5, 5.41) is 0. The molecule has 0 N–H and O–H groups in total. The van der Waals surface area contributed by atoms with E-state index in [-0.39, 0.29) is 0 Å². The van der Waals surface area contributed by atoms with Gasteiger partial charge in [-0.05, 0) is 0 Å². The molecule has 0 aromatic carbocycles. The van der Waals surface area contributed by atoms with Gasteiger partial charge in [-0.1, -0.05) is 0 Å². The topological polar surface area (TPSA) is 0 Å². The number of allylic oxidation sites excluding steroid dienone is 1. The van der Waals surface area contributed by atoms with Gasteiger partial charge in [-0.2, -0.15) is 0 Å². The van der Waals surface area contributed by atoms with E-state index in [4.69, 9.17) is 0 Å². The van der Waals surface area contributed by atoms with E-state index in [1.54, 1.807) is 6.08 Å². The molecule has 0 bridgehead atoms. The van der Waals surface area contributed by atoms with Crippen LogP contribution in [0, 0.1) is 0 Å². The molecule has 0 spiro atoms. The molecule has 0 saturated heterocycles. The molecule has 0 unspecified atom stereocenters. The van der Waals surface area contributed by atoms with Crippen molar-refractivity contribution in [3.63, 3.8) is 0 Å². The van der Waals surface area contributed by atoms with Crippen LogP contribution in [0.25, 0.3) is 0 Å². The van der Waals surface area contributed by atoms with Crippen LogP contribution in [0.15, 0.2) is 12.7 Å². The van der Waals surface area contributed by atoms with Crippen molar-refractivity contribution < 1.29 is 0 Å². The van der Waals surface area contributed by atoms with Gasteiger partial charge in [-0.3, -0.25) is 0 Å². The summed E-state index contributed by atoms with van der Waals surface area (Å²) in [5.74, 6) is 0. The number of hydrogen-bond donors (Lipinski definition) is 0. The Kier molecular flexibility index (Phi) is 2.47. The van der Waals surface area contributed by atoms with Crippen molar-refractivity contribution in [2.45, 2.75) is 0 Å². The van der Waals surface area contributed by atoms with Crippen molar-refractivity contribution in [2.24, 2.45) is 0 Å². The molecule has 0 fully saturated rings. The molecule has 5 heavy (non-hydrogen) atoms. The standard InChI is InChI=1S/C3H4BBr/c1-2-3(4)5/h2,4H,1H2. The van der Waals surface area contributed by atoms with E-state index in [1.165, 1.54) is 0 Å². The number of hydrogen-bond acceptors (Lipinski definition) is 0. The van der Waals surface area contributed by atoms with Gasteiger partial charge >= 0.3 is 40.4 Å². The Morgan fingerprint density at radius 1 is 2.00 bits per heavy atom. The van der Waals surface area contributed by atoms with Crippen LogP contribution in [-0.2, 0) is 0 Å². The molecule has 0 aliphatic rings. The first-order valence-electron chi connectivity index (χ1n) is 1.24. The Bertz CT molecular complexity index is 57.9. The van der Waals surface area contributed by atoms with Gasteiger partial charge in [-0.25, -0.2) is 0 Å². The Morgan fingerprint density at radius 3 is 2.20 bits per heavy atom. The third kappa shape index (κ3) is 4.15. The van der Waals surface area contributed by atoms with Crippen LogP contribution in [0.1, 0.15) is 0 Å². The van der Waals surface area contributed by atoms with Crippen LogP contribution in [0.3, 0.4) is 0 Å². The van der Waals surface area contributed by atoms with Crippen LogP contribution in [0.2, 0.25) is 0 Å². The molecule has 0 aliphatic carbocycles. The number of rotatable bonds is 1. The van der Waals surface area contributed by atoms with E-state index in [0.29, 0.717) is 0 Å². The molecule has 0 heterocycles. The van der Waals surface area contributed by atoms with Crippen LogP contribution in [0.4, 0.5) is 0 Å². The second-order valence-corrected chi connectivity index (χ2v) is 1.67. The van der Waals surface area contributed by atoms with Gasteiger partial charge in [0.2, 0.25) is 0 Å². The Morgan fingerprint density at radius 2 is 2.20 bits per heavy atom. The quantitative estimate of drug-likeness (QED) is 0.457. The van der Waals surface area contributed by atoms with Crippen molar-refractivity contribution >= 4 is 27.8 Å². The van der Waals surface area contributed by atoms with E-state index in [9.17, 15) is 0 Å². The molecule has 0 radical (unpaired) electrons. The van der Waals surface area contributed by atoms with Crippen LogP contribution < -0.4 is 0 Å². The minimum atomic E-state index is 0.831. The van der Waals surface area contributed by atoms with Crippen LogP contribution >= 0.6 is 15.9 Å². The Hall–Kier alpha value is 0.155. The minimum absolute atomic E-state index is 0.831. The molecule has 0 amide bonds. The summed E-state index contributed by atoms with van der Waals surface area (Å²) in [6.45, 7) is 3.41. The van der Waals surface area contributed by atoms with E-state index in [2.05, 4.69) is 30.0 Å². The van der Waals surface area contributed by atoms with E-state index in [0.717, 1.165) is 4.37 Å². The first-order chi connectivity index (χ1) is 2.27. The zero-order valence-electron chi connectivity index (χ0n) is 2.87. The van der Waals surface area contributed by atoms with Crippen molar-refractivity contribution in [3.05, 3.63) is 12.7 Å². The summed E-state index contributed by atoms with van der Waals surface area (Å²) in [6.07, 6.45) is 1.64. The summed E-state index contributed by atoms with van der Waals surface area (Å²) < 4.78 is 0.831. The fourth-order valence-corrected chi connectivity index (χ4v) is 0. The second-order valence-electron chi connectivity index (χ2n) is 0.651. The van der Waals surface area contributed by atoms with E-state index < -0.39 is 0 Å². The molecule has 26 valence electrons. The van der Waals surface area contributed by atoms with Crippen molar-refractivity contribution in [3.8, 4) is 0 Å². The van der Waals surface area contributed by atoms with Crippen LogP contribution in [0.5, 0.6) is 0 Å². The zero-order chi connectivity index (χ0) is 4.28. The first-order valence-corrected chi connectivity index (χ1v) is 2.03. The predicted molar refractivity (Wildman–Crippen MR) is 31.3 cm³/mol. The van der Waals surface area contributed by atoms with E-state index >= 15 is 0 Å². The fourth-order valence-electron chi connectivity index (χ4n) is 0. The molecule has 2 heteroatoms. The zero-order valence-corrected chi connectivity index (χ0v) is 4.46. The molecule has 0 aromatic heterocycles. The molecule has 0 aliphatic heterocycles. The molecule has 0 atom stereocenters. The predicted octanol–water partition coefficient (Wildman–Crippen LogP) is 0.598. The maximum atomic E-state index is 3.47. The van der Waals surface area contributed by atoms with Gasteiger partial charge in [0, 0.05) is 0 Å². The summed E-state index contributed by atoms with van der Waals surface area (Å²) in [4.78, 5) is 0. The normalized spacial score (nSPS) is 6.40. The Balaban J connectivity index is 3.20. The van der Waals surface area contributed by atoms with Gasteiger partial charge in [0.1, 0.15) is 0 Å². The summed E-state index contributed by atoms with van der Waals surface area (Å²) >= 11 is 3.06. The summed E-state index contributed by atoms with van der Waals surface area (Å²) in [6, 6.07) is 0. The third-order valence-corrected chi connectivity index (χ3v) is 0.545. The van der Waals surface area contributed by atoms with Gasteiger partial charge in [-0.15, -0.1) is 0 Å². The average Bonchev–Trinajstić information content (AvgIpc) is 1.38. The fraction of sp³-hybridized carbons (Fsp3) is 0. The first kappa shape index (κ1) is 5.15.